The third kappa shape index (κ3) is 7.09. The first-order valence-electron chi connectivity index (χ1n) is 13.8. The molecule has 3 aromatic rings. The number of carboxylic acid groups (broad SMARTS) is 1. The molecule has 0 saturated heterocycles. The zero-order chi connectivity index (χ0) is 32.1. The number of fused-ring (bicyclic) bond motifs is 1. The van der Waals surface area contributed by atoms with Gasteiger partial charge in [-0.25, -0.2) is 14.6 Å². The molecule has 0 radical (unpaired) electrons. The van der Waals surface area contributed by atoms with Gasteiger partial charge in [0.15, 0.2) is 34.4 Å². The molecule has 0 fully saturated rings. The number of carboxylic acids is 1. The van der Waals surface area contributed by atoms with Crippen LogP contribution in [0.25, 0.3) is 6.08 Å². The summed E-state index contributed by atoms with van der Waals surface area (Å²) in [5, 5.41) is 9.06. The average Bonchev–Trinajstić information content (AvgIpc) is 3.25. The summed E-state index contributed by atoms with van der Waals surface area (Å²) >= 11 is 3.22. The van der Waals surface area contributed by atoms with Gasteiger partial charge >= 0.3 is 11.9 Å². The number of halogens is 1. The highest BCUT2D eigenvalue weighted by Crippen LogP contribution is 2.37. The van der Waals surface area contributed by atoms with Gasteiger partial charge < -0.3 is 28.8 Å². The summed E-state index contributed by atoms with van der Waals surface area (Å²) < 4.78 is 30.5. The second-order valence-electron chi connectivity index (χ2n) is 9.82. The van der Waals surface area contributed by atoms with E-state index >= 15 is 0 Å². The van der Waals surface area contributed by atoms with E-state index in [4.69, 9.17) is 28.8 Å². The van der Waals surface area contributed by atoms with E-state index in [1.165, 1.54) is 23.0 Å². The standard InChI is InChI=1S/C31H33IN2O9S/c1-7-40-23-12-18(11-20(32)28(23)42-15-25(35)36)13-24-29(37)34-27(19-9-10-21(43-16(3)4)22(14-19)39-6)26(30(38)41-8-2)17(5)33-31(34)44-24/h9-14,16,27H,7-8,15H2,1-6H3,(H,35,36)/b24-13-/t27-/m0/s1. The van der Waals surface area contributed by atoms with Crippen molar-refractivity contribution in [2.24, 2.45) is 4.99 Å². The van der Waals surface area contributed by atoms with E-state index in [0.717, 1.165) is 0 Å². The molecule has 1 aliphatic heterocycles. The highest BCUT2D eigenvalue weighted by Gasteiger charge is 2.34. The lowest BCUT2D eigenvalue weighted by Gasteiger charge is -2.25. The molecule has 4 rings (SSSR count). The average molecular weight is 737 g/mol. The Balaban J connectivity index is 1.90. The molecule has 0 amide bonds. The van der Waals surface area contributed by atoms with E-state index in [2.05, 4.69) is 4.99 Å². The molecule has 1 N–H and O–H groups in total. The minimum Gasteiger partial charge on any atom is -0.493 e. The van der Waals surface area contributed by atoms with Crippen LogP contribution < -0.4 is 33.8 Å². The fourth-order valence-electron chi connectivity index (χ4n) is 4.67. The Kier molecular flexibility index (Phi) is 10.7. The maximum atomic E-state index is 14.1. The van der Waals surface area contributed by atoms with Gasteiger partial charge in [0.25, 0.3) is 5.56 Å². The topological polar surface area (TPSA) is 135 Å². The molecule has 0 unspecified atom stereocenters. The SMILES string of the molecule is CCOC(=O)C1=C(C)N=c2s/c(=C\c3cc(I)c(OCC(=O)O)c(OCC)c3)c(=O)n2[C@H]1c1ccc(OC(C)C)c(OC)c1. The van der Waals surface area contributed by atoms with Crippen molar-refractivity contribution in [3.63, 3.8) is 0 Å². The van der Waals surface area contributed by atoms with E-state index in [0.29, 0.717) is 59.3 Å². The third-order valence-electron chi connectivity index (χ3n) is 6.35. The Morgan fingerprint density at radius 2 is 1.86 bits per heavy atom. The van der Waals surface area contributed by atoms with E-state index in [1.54, 1.807) is 57.2 Å². The van der Waals surface area contributed by atoms with Crippen molar-refractivity contribution in [3.05, 3.63) is 76.0 Å². The van der Waals surface area contributed by atoms with E-state index in [9.17, 15) is 14.4 Å². The number of hydrogen-bond acceptors (Lipinski definition) is 10. The Morgan fingerprint density at radius 3 is 2.50 bits per heavy atom. The number of rotatable bonds is 12. The molecule has 1 atom stereocenters. The van der Waals surface area contributed by atoms with E-state index in [-0.39, 0.29) is 23.8 Å². The van der Waals surface area contributed by atoms with E-state index in [1.807, 2.05) is 36.4 Å². The summed E-state index contributed by atoms with van der Waals surface area (Å²) in [7, 11) is 1.53. The minimum atomic E-state index is -1.11. The zero-order valence-corrected chi connectivity index (χ0v) is 28.1. The number of nitrogens with zero attached hydrogens (tertiary/aromatic N) is 2. The van der Waals surface area contributed by atoms with Gasteiger partial charge in [0, 0.05) is 0 Å². The molecule has 0 aliphatic carbocycles. The molecule has 0 bridgehead atoms. The second kappa shape index (κ2) is 14.3. The van der Waals surface area contributed by atoms with Crippen molar-refractivity contribution in [2.45, 2.75) is 46.8 Å². The summed E-state index contributed by atoms with van der Waals surface area (Å²) in [6.07, 6.45) is 1.62. The van der Waals surface area contributed by atoms with Crippen LogP contribution in [0.5, 0.6) is 23.0 Å². The monoisotopic (exact) mass is 736 g/mol. The van der Waals surface area contributed by atoms with E-state index < -0.39 is 24.6 Å². The van der Waals surface area contributed by atoms with Gasteiger partial charge in [-0.2, -0.15) is 0 Å². The van der Waals surface area contributed by atoms with Crippen LogP contribution in [0.3, 0.4) is 0 Å². The first-order chi connectivity index (χ1) is 21.0. The molecule has 1 aliphatic rings. The number of methoxy groups -OCH3 is 1. The van der Waals surface area contributed by atoms with Gasteiger partial charge in [-0.3, -0.25) is 9.36 Å². The van der Waals surface area contributed by atoms with Gasteiger partial charge in [-0.1, -0.05) is 17.4 Å². The van der Waals surface area contributed by atoms with Crippen LogP contribution in [0.15, 0.2) is 51.4 Å². The normalized spacial score (nSPS) is 14.6. The summed E-state index contributed by atoms with van der Waals surface area (Å²) in [4.78, 5) is 43.5. The number of carbonyl (C=O) groups excluding carboxylic acids is 1. The van der Waals surface area contributed by atoms with Gasteiger partial charge in [-0.15, -0.1) is 0 Å². The number of carbonyl (C=O) groups is 2. The molecule has 11 nitrogen and oxygen atoms in total. The number of allylic oxidation sites excluding steroid dienone is 1. The highest BCUT2D eigenvalue weighted by atomic mass is 127. The molecule has 2 heterocycles. The van der Waals surface area contributed by atoms with Gasteiger partial charge in [0.1, 0.15) is 0 Å². The summed E-state index contributed by atoms with van der Waals surface area (Å²) in [5.74, 6) is -0.0229. The quantitative estimate of drug-likeness (QED) is 0.216. The molecule has 44 heavy (non-hydrogen) atoms. The predicted molar refractivity (Wildman–Crippen MR) is 173 cm³/mol. The van der Waals surface area contributed by atoms with Crippen LogP contribution in [0.2, 0.25) is 0 Å². The fourth-order valence-corrected chi connectivity index (χ4v) is 6.50. The van der Waals surface area contributed by atoms with Gasteiger partial charge in [0.05, 0.1) is 51.8 Å². The van der Waals surface area contributed by atoms with Crippen LogP contribution in [0.1, 0.15) is 51.8 Å². The van der Waals surface area contributed by atoms with Gasteiger partial charge in [-0.05, 0) is 98.7 Å². The lowest BCUT2D eigenvalue weighted by molar-refractivity contribution is -0.140. The van der Waals surface area contributed by atoms with Crippen molar-refractivity contribution >= 4 is 51.9 Å². The molecule has 1 aromatic heterocycles. The summed E-state index contributed by atoms with van der Waals surface area (Å²) in [5.41, 5.74) is 1.60. The lowest BCUT2D eigenvalue weighted by atomic mass is 9.95. The van der Waals surface area contributed by atoms with Crippen molar-refractivity contribution in [2.75, 3.05) is 26.9 Å². The van der Waals surface area contributed by atoms with Crippen LogP contribution in [0.4, 0.5) is 0 Å². The Bertz CT molecular complexity index is 1790. The summed E-state index contributed by atoms with van der Waals surface area (Å²) in [6.45, 7) is 9.02. The Morgan fingerprint density at radius 1 is 1.11 bits per heavy atom. The predicted octanol–water partition coefficient (Wildman–Crippen LogP) is 4.06. The van der Waals surface area contributed by atoms with Crippen molar-refractivity contribution in [1.82, 2.24) is 4.57 Å². The molecular formula is C31H33IN2O9S. The number of aliphatic carboxylic acids is 1. The number of ether oxygens (including phenoxy) is 5. The largest absolute Gasteiger partial charge is 0.493 e. The van der Waals surface area contributed by atoms with Crippen LogP contribution >= 0.6 is 33.9 Å². The maximum Gasteiger partial charge on any atom is 0.341 e. The molecular weight excluding hydrogens is 703 g/mol. The van der Waals surface area contributed by atoms with Gasteiger partial charge in [0.2, 0.25) is 0 Å². The number of hydrogen-bond donors (Lipinski definition) is 1. The summed E-state index contributed by atoms with van der Waals surface area (Å²) in [6, 6.07) is 7.93. The first kappa shape index (κ1) is 33.1. The Labute approximate surface area is 271 Å². The maximum absolute atomic E-state index is 14.1. The molecule has 13 heteroatoms. The molecule has 234 valence electrons. The number of esters is 1. The lowest BCUT2D eigenvalue weighted by Crippen LogP contribution is -2.40. The fraction of sp³-hybridized carbons (Fsp3) is 0.355. The first-order valence-corrected chi connectivity index (χ1v) is 15.7. The highest BCUT2D eigenvalue weighted by molar-refractivity contribution is 14.1. The smallest absolute Gasteiger partial charge is 0.341 e. The third-order valence-corrected chi connectivity index (χ3v) is 8.14. The number of benzene rings is 2. The molecule has 2 aromatic carbocycles. The minimum absolute atomic E-state index is 0.0891. The van der Waals surface area contributed by atoms with Crippen LogP contribution in [-0.4, -0.2) is 54.6 Å². The van der Waals surface area contributed by atoms with Crippen molar-refractivity contribution < 1.29 is 38.4 Å². The Hall–Kier alpha value is -3.85. The number of aromatic nitrogens is 1. The second-order valence-corrected chi connectivity index (χ2v) is 12.0. The zero-order valence-electron chi connectivity index (χ0n) is 25.1. The molecule has 0 saturated carbocycles. The van der Waals surface area contributed by atoms with Crippen molar-refractivity contribution in [3.8, 4) is 23.0 Å². The van der Waals surface area contributed by atoms with Crippen molar-refractivity contribution in [1.29, 1.82) is 0 Å². The van der Waals surface area contributed by atoms with Crippen LogP contribution in [-0.2, 0) is 14.3 Å². The van der Waals surface area contributed by atoms with Crippen LogP contribution in [0, 0.1) is 3.57 Å². The number of thiazole rings is 1. The molecule has 0 spiro atoms.